The van der Waals surface area contributed by atoms with Crippen molar-refractivity contribution in [2.45, 2.75) is 0 Å². The maximum Gasteiger partial charge on any atom is 0.150 e. The van der Waals surface area contributed by atoms with Crippen LogP contribution in [0.15, 0.2) is 24.5 Å². The number of rotatable bonds is 0. The van der Waals surface area contributed by atoms with Crippen molar-refractivity contribution in [3.63, 3.8) is 0 Å². The Hall–Kier alpha value is -1.39. The fourth-order valence-corrected chi connectivity index (χ4v) is 2.83. The van der Waals surface area contributed by atoms with Crippen LogP contribution in [-0.4, -0.2) is 9.97 Å². The second-order valence-corrected chi connectivity index (χ2v) is 4.61. The average Bonchev–Trinajstić information content (AvgIpc) is 2.58. The Morgan fingerprint density at radius 2 is 2.13 bits per heavy atom. The van der Waals surface area contributed by atoms with E-state index in [1.54, 1.807) is 11.3 Å². The quantitative estimate of drug-likeness (QED) is 0.481. The summed E-state index contributed by atoms with van der Waals surface area (Å²) < 4.78 is 2.04. The third-order valence-corrected chi connectivity index (χ3v) is 3.80. The number of aromatic nitrogens is 2. The van der Waals surface area contributed by atoms with Crippen molar-refractivity contribution < 1.29 is 0 Å². The van der Waals surface area contributed by atoms with Crippen molar-refractivity contribution >= 4 is 48.9 Å². The molecule has 0 aliphatic heterocycles. The molecule has 0 aliphatic carbocycles. The zero-order valence-electron chi connectivity index (χ0n) is 7.57. The van der Waals surface area contributed by atoms with Crippen molar-refractivity contribution in [1.82, 2.24) is 9.97 Å². The molecule has 2 aromatic heterocycles. The lowest BCUT2D eigenvalue weighted by atomic mass is 10.2. The minimum atomic E-state index is 0.500. The summed E-state index contributed by atoms with van der Waals surface area (Å²) in [7, 11) is 0. The van der Waals surface area contributed by atoms with Gasteiger partial charge in [0.1, 0.15) is 11.5 Å². The molecule has 0 amide bonds. The van der Waals surface area contributed by atoms with E-state index >= 15 is 0 Å². The third kappa shape index (κ3) is 1.26. The van der Waals surface area contributed by atoms with E-state index in [0.717, 1.165) is 26.0 Å². The van der Waals surface area contributed by atoms with Crippen LogP contribution in [0.3, 0.4) is 0 Å². The number of benzene rings is 1. The number of hydrogen-bond donors (Lipinski definition) is 1. The summed E-state index contributed by atoms with van der Waals surface area (Å²) in [5, 5.41) is 1.54. The van der Waals surface area contributed by atoms with Crippen molar-refractivity contribution in [2.75, 3.05) is 5.73 Å². The minimum Gasteiger partial charge on any atom is -0.399 e. The van der Waals surface area contributed by atoms with E-state index in [2.05, 4.69) is 9.97 Å². The van der Waals surface area contributed by atoms with Crippen LogP contribution < -0.4 is 5.73 Å². The normalized spacial score (nSPS) is 11.3. The van der Waals surface area contributed by atoms with Gasteiger partial charge in [0.2, 0.25) is 0 Å². The fourth-order valence-electron chi connectivity index (χ4n) is 1.57. The predicted molar refractivity (Wildman–Crippen MR) is 64.3 cm³/mol. The van der Waals surface area contributed by atoms with Crippen LogP contribution in [0, 0.1) is 0 Å². The standard InChI is InChI=1S/C10H6ClN3S/c11-10-9-8(13-4-14-10)6-3-5(12)1-2-7(6)15-9/h1-4H,12H2. The SMILES string of the molecule is Nc1ccc2sc3c(Cl)ncnc3c2c1. The molecular weight excluding hydrogens is 230 g/mol. The van der Waals surface area contributed by atoms with Crippen molar-refractivity contribution in [3.05, 3.63) is 29.7 Å². The van der Waals surface area contributed by atoms with Crippen LogP contribution in [0.1, 0.15) is 0 Å². The first-order chi connectivity index (χ1) is 7.25. The zero-order valence-corrected chi connectivity index (χ0v) is 9.14. The Balaban J connectivity index is 2.58. The van der Waals surface area contributed by atoms with Crippen LogP contribution in [-0.2, 0) is 0 Å². The highest BCUT2D eigenvalue weighted by Gasteiger charge is 2.09. The summed E-state index contributed by atoms with van der Waals surface area (Å²) in [6.45, 7) is 0. The number of fused-ring (bicyclic) bond motifs is 3. The van der Waals surface area contributed by atoms with E-state index in [1.165, 1.54) is 6.33 Å². The zero-order chi connectivity index (χ0) is 10.4. The molecule has 3 rings (SSSR count). The highest BCUT2D eigenvalue weighted by atomic mass is 35.5. The maximum absolute atomic E-state index is 6.00. The summed E-state index contributed by atoms with van der Waals surface area (Å²) in [5.41, 5.74) is 7.35. The van der Waals surface area contributed by atoms with E-state index in [-0.39, 0.29) is 0 Å². The molecule has 3 nitrogen and oxygen atoms in total. The van der Waals surface area contributed by atoms with E-state index in [1.807, 2.05) is 18.2 Å². The second-order valence-electron chi connectivity index (χ2n) is 3.20. The topological polar surface area (TPSA) is 51.8 Å². The van der Waals surface area contributed by atoms with E-state index in [0.29, 0.717) is 5.15 Å². The number of nitrogens with two attached hydrogens (primary N) is 1. The number of thiophene rings is 1. The molecule has 3 aromatic rings. The van der Waals surface area contributed by atoms with Gasteiger partial charge >= 0.3 is 0 Å². The monoisotopic (exact) mass is 235 g/mol. The molecule has 0 saturated carbocycles. The van der Waals surface area contributed by atoms with Gasteiger partial charge in [-0.1, -0.05) is 11.6 Å². The Bertz CT molecular complexity index is 662. The van der Waals surface area contributed by atoms with Crippen LogP contribution in [0.2, 0.25) is 5.15 Å². The molecule has 0 fully saturated rings. The van der Waals surface area contributed by atoms with Gasteiger partial charge in [0.15, 0.2) is 0 Å². The van der Waals surface area contributed by atoms with Gasteiger partial charge < -0.3 is 5.73 Å². The van der Waals surface area contributed by atoms with Crippen LogP contribution >= 0.6 is 22.9 Å². The lowest BCUT2D eigenvalue weighted by Gasteiger charge is -1.93. The first-order valence-electron chi connectivity index (χ1n) is 4.34. The Kier molecular flexibility index (Phi) is 1.81. The van der Waals surface area contributed by atoms with E-state index < -0.39 is 0 Å². The van der Waals surface area contributed by atoms with Crippen LogP contribution in [0.25, 0.3) is 20.3 Å². The third-order valence-electron chi connectivity index (χ3n) is 2.23. The molecule has 0 saturated heterocycles. The predicted octanol–water partition coefficient (Wildman–Crippen LogP) is 3.08. The van der Waals surface area contributed by atoms with Crippen molar-refractivity contribution in [3.8, 4) is 0 Å². The van der Waals surface area contributed by atoms with E-state index in [4.69, 9.17) is 17.3 Å². The molecule has 74 valence electrons. The molecule has 0 radical (unpaired) electrons. The van der Waals surface area contributed by atoms with Gasteiger partial charge in [-0.2, -0.15) is 0 Å². The number of nitrogens with zero attached hydrogens (tertiary/aromatic N) is 2. The fraction of sp³-hybridized carbons (Fsp3) is 0. The second kappa shape index (κ2) is 3.05. The molecule has 1 aromatic carbocycles. The Labute approximate surface area is 94.5 Å². The maximum atomic E-state index is 6.00. The molecule has 5 heteroatoms. The summed E-state index contributed by atoms with van der Waals surface area (Å²) in [6, 6.07) is 5.77. The summed E-state index contributed by atoms with van der Waals surface area (Å²) in [4.78, 5) is 8.19. The number of nitrogen functional groups attached to an aromatic ring is 1. The van der Waals surface area contributed by atoms with Crippen molar-refractivity contribution in [2.24, 2.45) is 0 Å². The van der Waals surface area contributed by atoms with Gasteiger partial charge in [0.05, 0.1) is 10.2 Å². The summed E-state index contributed by atoms with van der Waals surface area (Å²) >= 11 is 7.58. The molecule has 0 spiro atoms. The lowest BCUT2D eigenvalue weighted by Crippen LogP contribution is -1.83. The highest BCUT2D eigenvalue weighted by Crippen LogP contribution is 2.36. The first-order valence-corrected chi connectivity index (χ1v) is 5.53. The number of halogens is 1. The number of anilines is 1. The van der Waals surface area contributed by atoms with Gasteiger partial charge in [-0.25, -0.2) is 9.97 Å². The molecule has 0 aliphatic rings. The molecule has 0 bridgehead atoms. The van der Waals surface area contributed by atoms with Gasteiger partial charge in [-0.05, 0) is 18.2 Å². The van der Waals surface area contributed by atoms with Gasteiger partial charge in [-0.3, -0.25) is 0 Å². The van der Waals surface area contributed by atoms with Gasteiger partial charge in [0.25, 0.3) is 0 Å². The number of hydrogen-bond acceptors (Lipinski definition) is 4. The first kappa shape index (κ1) is 8.88. The largest absolute Gasteiger partial charge is 0.399 e. The molecule has 0 unspecified atom stereocenters. The Morgan fingerprint density at radius 1 is 1.27 bits per heavy atom. The van der Waals surface area contributed by atoms with Crippen molar-refractivity contribution in [1.29, 1.82) is 0 Å². The van der Waals surface area contributed by atoms with Crippen LogP contribution in [0.4, 0.5) is 5.69 Å². The van der Waals surface area contributed by atoms with Gasteiger partial charge in [0, 0.05) is 15.8 Å². The molecule has 15 heavy (non-hydrogen) atoms. The van der Waals surface area contributed by atoms with E-state index in [9.17, 15) is 0 Å². The smallest absolute Gasteiger partial charge is 0.150 e. The van der Waals surface area contributed by atoms with Gasteiger partial charge in [-0.15, -0.1) is 11.3 Å². The molecule has 2 heterocycles. The summed E-state index contributed by atoms with van der Waals surface area (Å²) in [5.74, 6) is 0. The minimum absolute atomic E-state index is 0.500. The molecular formula is C10H6ClN3S. The average molecular weight is 236 g/mol. The van der Waals surface area contributed by atoms with Crippen LogP contribution in [0.5, 0.6) is 0 Å². The Morgan fingerprint density at radius 3 is 3.00 bits per heavy atom. The lowest BCUT2D eigenvalue weighted by molar-refractivity contribution is 1.23. The molecule has 0 atom stereocenters. The summed E-state index contributed by atoms with van der Waals surface area (Å²) in [6.07, 6.45) is 1.47. The molecule has 2 N–H and O–H groups in total. The highest BCUT2D eigenvalue weighted by molar-refractivity contribution is 7.26.